The van der Waals surface area contributed by atoms with Crippen molar-refractivity contribution >= 4 is 16.0 Å². The Balaban J connectivity index is 3.73. The van der Waals surface area contributed by atoms with Crippen molar-refractivity contribution in [2.45, 2.75) is 13.3 Å². The van der Waals surface area contributed by atoms with Crippen LogP contribution in [0.4, 0.5) is 0 Å². The molecule has 0 aromatic heterocycles. The fraction of sp³-hybridized carbons (Fsp3) is 0.625. The van der Waals surface area contributed by atoms with Gasteiger partial charge in [-0.25, -0.2) is 13.1 Å². The Morgan fingerprint density at radius 2 is 2.21 bits per heavy atom. The van der Waals surface area contributed by atoms with E-state index < -0.39 is 16.0 Å². The summed E-state index contributed by atoms with van der Waals surface area (Å²) in [6.07, 6.45) is 1.33. The van der Waals surface area contributed by atoms with Crippen molar-refractivity contribution in [3.63, 3.8) is 0 Å². The second-order valence-corrected chi connectivity index (χ2v) is 4.37. The van der Waals surface area contributed by atoms with Crippen LogP contribution in [0, 0.1) is 0 Å². The van der Waals surface area contributed by atoms with Gasteiger partial charge in [-0.3, -0.25) is 4.79 Å². The average molecular weight is 221 g/mol. The van der Waals surface area contributed by atoms with Gasteiger partial charge in [-0.1, -0.05) is 6.08 Å². The summed E-state index contributed by atoms with van der Waals surface area (Å²) in [7, 11) is -3.32. The van der Waals surface area contributed by atoms with Gasteiger partial charge in [0.25, 0.3) is 0 Å². The first-order chi connectivity index (χ1) is 6.52. The van der Waals surface area contributed by atoms with Crippen molar-refractivity contribution in [1.82, 2.24) is 4.72 Å². The van der Waals surface area contributed by atoms with E-state index in [9.17, 15) is 13.2 Å². The second-order valence-electron chi connectivity index (χ2n) is 2.52. The number of hydrogen-bond acceptors (Lipinski definition) is 4. The smallest absolute Gasteiger partial charge is 0.307 e. The maximum absolute atomic E-state index is 11.0. The van der Waals surface area contributed by atoms with Crippen molar-refractivity contribution in [2.75, 3.05) is 18.9 Å². The van der Waals surface area contributed by atoms with Crippen molar-refractivity contribution < 1.29 is 17.9 Å². The lowest BCUT2D eigenvalue weighted by atomic mass is 10.4. The third-order valence-electron chi connectivity index (χ3n) is 1.29. The number of hydrogen-bond donors (Lipinski definition) is 1. The zero-order chi connectivity index (χ0) is 11.0. The van der Waals surface area contributed by atoms with Crippen LogP contribution in [0.3, 0.4) is 0 Å². The molecule has 6 heteroatoms. The summed E-state index contributed by atoms with van der Waals surface area (Å²) in [4.78, 5) is 10.8. The molecule has 0 aliphatic carbocycles. The summed E-state index contributed by atoms with van der Waals surface area (Å²) in [5.41, 5.74) is 0. The highest BCUT2D eigenvalue weighted by atomic mass is 32.2. The van der Waals surface area contributed by atoms with Crippen LogP contribution >= 0.6 is 0 Å². The standard InChI is InChI=1S/C8H15NO4S/c1-3-7-14(11,12)9-6-5-8(10)13-4-2/h3,9H,1,4-7H2,2H3. The molecule has 0 aromatic rings. The Labute approximate surface area is 84.2 Å². The average Bonchev–Trinajstić information content (AvgIpc) is 2.03. The van der Waals surface area contributed by atoms with Gasteiger partial charge in [0.05, 0.1) is 18.8 Å². The molecule has 0 spiro atoms. The minimum absolute atomic E-state index is 0.0458. The fourth-order valence-electron chi connectivity index (χ4n) is 0.756. The Kier molecular flexibility index (Phi) is 6.14. The Bertz CT molecular complexity index is 284. The first-order valence-corrected chi connectivity index (χ1v) is 5.91. The van der Waals surface area contributed by atoms with Crippen LogP contribution in [0.2, 0.25) is 0 Å². The molecule has 0 fully saturated rings. The van der Waals surface area contributed by atoms with Crippen LogP contribution in [0.25, 0.3) is 0 Å². The van der Waals surface area contributed by atoms with E-state index in [0.717, 1.165) is 0 Å². The quantitative estimate of drug-likeness (QED) is 0.487. The number of carbonyl (C=O) groups is 1. The van der Waals surface area contributed by atoms with Gasteiger partial charge in [0.1, 0.15) is 0 Å². The zero-order valence-electron chi connectivity index (χ0n) is 8.15. The fourth-order valence-corrected chi connectivity index (χ4v) is 1.60. The van der Waals surface area contributed by atoms with Crippen LogP contribution < -0.4 is 4.72 Å². The molecule has 0 bridgehead atoms. The summed E-state index contributed by atoms with van der Waals surface area (Å²) in [6.45, 7) is 5.37. The molecule has 14 heavy (non-hydrogen) atoms. The maximum Gasteiger partial charge on any atom is 0.307 e. The molecule has 0 aliphatic heterocycles. The van der Waals surface area contributed by atoms with Gasteiger partial charge < -0.3 is 4.74 Å². The molecule has 1 N–H and O–H groups in total. The highest BCUT2D eigenvalue weighted by Crippen LogP contribution is 1.88. The summed E-state index contributed by atoms with van der Waals surface area (Å²) >= 11 is 0. The number of rotatable bonds is 7. The molecule has 5 nitrogen and oxygen atoms in total. The van der Waals surface area contributed by atoms with Gasteiger partial charge in [0.2, 0.25) is 10.0 Å². The van der Waals surface area contributed by atoms with Gasteiger partial charge in [-0.2, -0.15) is 0 Å². The van der Waals surface area contributed by atoms with Crippen molar-refractivity contribution in [2.24, 2.45) is 0 Å². The van der Waals surface area contributed by atoms with Crippen molar-refractivity contribution in [3.05, 3.63) is 12.7 Å². The largest absolute Gasteiger partial charge is 0.466 e. The molecule has 0 aromatic carbocycles. The molecule has 0 radical (unpaired) electrons. The molecule has 82 valence electrons. The van der Waals surface area contributed by atoms with E-state index in [0.29, 0.717) is 6.61 Å². The van der Waals surface area contributed by atoms with Gasteiger partial charge in [-0.15, -0.1) is 6.58 Å². The molecule has 0 aliphatic rings. The van der Waals surface area contributed by atoms with Gasteiger partial charge in [0, 0.05) is 6.54 Å². The van der Waals surface area contributed by atoms with E-state index in [-0.39, 0.29) is 18.7 Å². The van der Waals surface area contributed by atoms with E-state index in [1.54, 1.807) is 6.92 Å². The van der Waals surface area contributed by atoms with E-state index in [4.69, 9.17) is 0 Å². The topological polar surface area (TPSA) is 72.5 Å². The molecule has 0 atom stereocenters. The number of esters is 1. The molecule has 0 rings (SSSR count). The van der Waals surface area contributed by atoms with Gasteiger partial charge in [-0.05, 0) is 6.92 Å². The lowest BCUT2D eigenvalue weighted by Crippen LogP contribution is -2.28. The minimum atomic E-state index is -3.32. The predicted molar refractivity (Wildman–Crippen MR) is 53.2 cm³/mol. The molecule has 0 unspecified atom stereocenters. The third-order valence-corrected chi connectivity index (χ3v) is 2.61. The SMILES string of the molecule is C=CCS(=O)(=O)NCCC(=O)OCC. The van der Waals surface area contributed by atoms with Crippen LogP contribution in [0.1, 0.15) is 13.3 Å². The van der Waals surface area contributed by atoms with E-state index in [1.807, 2.05) is 0 Å². The number of nitrogens with one attached hydrogen (secondary N) is 1. The van der Waals surface area contributed by atoms with Gasteiger partial charge in [0.15, 0.2) is 0 Å². The summed E-state index contributed by atoms with van der Waals surface area (Å²) in [6, 6.07) is 0. The lowest BCUT2D eigenvalue weighted by Gasteiger charge is -2.03. The normalized spacial score (nSPS) is 10.9. The van der Waals surface area contributed by atoms with Crippen LogP contribution in [-0.4, -0.2) is 33.3 Å². The zero-order valence-corrected chi connectivity index (χ0v) is 8.97. The van der Waals surface area contributed by atoms with E-state index in [1.165, 1.54) is 6.08 Å². The molecular weight excluding hydrogens is 206 g/mol. The highest BCUT2D eigenvalue weighted by Gasteiger charge is 2.08. The summed E-state index contributed by atoms with van der Waals surface area (Å²) in [5, 5.41) is 0. The Morgan fingerprint density at radius 1 is 1.57 bits per heavy atom. The number of carbonyl (C=O) groups excluding carboxylic acids is 1. The second kappa shape index (κ2) is 6.56. The predicted octanol–water partition coefficient (Wildman–Crippen LogP) is 0.0450. The minimum Gasteiger partial charge on any atom is -0.466 e. The van der Waals surface area contributed by atoms with Crippen LogP contribution in [-0.2, 0) is 19.6 Å². The highest BCUT2D eigenvalue weighted by molar-refractivity contribution is 7.89. The number of ether oxygens (including phenoxy) is 1. The van der Waals surface area contributed by atoms with Crippen LogP contribution in [0.15, 0.2) is 12.7 Å². The molecule has 0 heterocycles. The third kappa shape index (κ3) is 6.62. The first kappa shape index (κ1) is 13.1. The Hall–Kier alpha value is -0.880. The first-order valence-electron chi connectivity index (χ1n) is 4.25. The summed E-state index contributed by atoms with van der Waals surface area (Å²) < 4.78 is 28.9. The maximum atomic E-state index is 11.0. The Morgan fingerprint density at radius 3 is 2.71 bits per heavy atom. The van der Waals surface area contributed by atoms with E-state index >= 15 is 0 Å². The molecule has 0 saturated carbocycles. The number of sulfonamides is 1. The molecular formula is C8H15NO4S. The van der Waals surface area contributed by atoms with E-state index in [2.05, 4.69) is 16.0 Å². The lowest BCUT2D eigenvalue weighted by molar-refractivity contribution is -0.142. The molecule has 0 saturated heterocycles. The molecule has 0 amide bonds. The van der Waals surface area contributed by atoms with Crippen LogP contribution in [0.5, 0.6) is 0 Å². The summed E-state index contributed by atoms with van der Waals surface area (Å²) in [5.74, 6) is -0.552. The monoisotopic (exact) mass is 221 g/mol. The van der Waals surface area contributed by atoms with Crippen molar-refractivity contribution in [3.8, 4) is 0 Å². The van der Waals surface area contributed by atoms with Gasteiger partial charge >= 0.3 is 5.97 Å². The van der Waals surface area contributed by atoms with Crippen molar-refractivity contribution in [1.29, 1.82) is 0 Å².